The lowest BCUT2D eigenvalue weighted by molar-refractivity contribution is 0.472. The van der Waals surface area contributed by atoms with E-state index in [1.54, 1.807) is 17.4 Å². The number of rotatable bonds is 1. The first-order chi connectivity index (χ1) is 6.24. The van der Waals surface area contributed by atoms with Gasteiger partial charge >= 0.3 is 0 Å². The summed E-state index contributed by atoms with van der Waals surface area (Å²) in [5.41, 5.74) is 0.971. The third kappa shape index (κ3) is 1.45. The monoisotopic (exact) mass is 276 g/mol. The second-order valence-electron chi connectivity index (χ2n) is 2.67. The van der Waals surface area contributed by atoms with Gasteiger partial charge < -0.3 is 5.11 Å². The smallest absolute Gasteiger partial charge is 0.131 e. The van der Waals surface area contributed by atoms with Gasteiger partial charge in [0.05, 0.1) is 9.17 Å². The fraction of sp³-hybridized carbons (Fsp3) is 0.111. The normalized spacial score (nSPS) is 10.9. The molecular weight excluding hydrogens is 272 g/mol. The highest BCUT2D eigenvalue weighted by Crippen LogP contribution is 2.38. The van der Waals surface area contributed by atoms with E-state index in [1.807, 2.05) is 11.4 Å². The lowest BCUT2D eigenvalue weighted by atomic mass is 10.1. The molecule has 1 N–H and O–H groups in total. The SMILES string of the molecule is Oc1cc(CCl)c2ccsc2c1Br. The lowest BCUT2D eigenvalue weighted by Crippen LogP contribution is -1.80. The molecule has 0 fully saturated rings. The highest BCUT2D eigenvalue weighted by Gasteiger charge is 2.09. The summed E-state index contributed by atoms with van der Waals surface area (Å²) in [6.45, 7) is 0. The summed E-state index contributed by atoms with van der Waals surface area (Å²) in [4.78, 5) is 0. The van der Waals surface area contributed by atoms with E-state index in [2.05, 4.69) is 15.9 Å². The molecule has 1 aromatic carbocycles. The molecule has 0 unspecified atom stereocenters. The molecule has 0 saturated carbocycles. The van der Waals surface area contributed by atoms with Gasteiger partial charge in [-0.2, -0.15) is 0 Å². The molecule has 68 valence electrons. The highest BCUT2D eigenvalue weighted by molar-refractivity contribution is 9.10. The largest absolute Gasteiger partial charge is 0.507 e. The van der Waals surface area contributed by atoms with Gasteiger partial charge in [0.1, 0.15) is 5.75 Å². The summed E-state index contributed by atoms with van der Waals surface area (Å²) in [7, 11) is 0. The maximum Gasteiger partial charge on any atom is 0.131 e. The van der Waals surface area contributed by atoms with Crippen LogP contribution in [-0.4, -0.2) is 5.11 Å². The number of fused-ring (bicyclic) bond motifs is 1. The van der Waals surface area contributed by atoms with Crippen LogP contribution < -0.4 is 0 Å². The van der Waals surface area contributed by atoms with Crippen LogP contribution >= 0.6 is 38.9 Å². The van der Waals surface area contributed by atoms with E-state index in [0.29, 0.717) is 5.88 Å². The summed E-state index contributed by atoms with van der Waals surface area (Å²) in [6, 6.07) is 3.72. The summed E-state index contributed by atoms with van der Waals surface area (Å²) in [5.74, 6) is 0.680. The van der Waals surface area contributed by atoms with Crippen LogP contribution in [0.2, 0.25) is 0 Å². The summed E-state index contributed by atoms with van der Waals surface area (Å²) >= 11 is 10.7. The molecule has 1 nitrogen and oxygen atoms in total. The quantitative estimate of drug-likeness (QED) is 0.778. The second kappa shape index (κ2) is 3.48. The minimum Gasteiger partial charge on any atom is -0.507 e. The first kappa shape index (κ1) is 9.31. The van der Waals surface area contributed by atoms with Crippen molar-refractivity contribution in [2.75, 3.05) is 0 Å². The van der Waals surface area contributed by atoms with Gasteiger partial charge in [-0.3, -0.25) is 0 Å². The van der Waals surface area contributed by atoms with Crippen LogP contribution in [0.3, 0.4) is 0 Å². The maximum atomic E-state index is 9.55. The first-order valence-electron chi connectivity index (χ1n) is 3.67. The fourth-order valence-electron chi connectivity index (χ4n) is 1.27. The predicted molar refractivity (Wildman–Crippen MR) is 60.7 cm³/mol. The maximum absolute atomic E-state index is 9.55. The van der Waals surface area contributed by atoms with Crippen LogP contribution in [0.5, 0.6) is 5.75 Å². The third-order valence-corrected chi connectivity index (χ3v) is 4.18. The number of hydrogen-bond acceptors (Lipinski definition) is 2. The molecule has 0 atom stereocenters. The third-order valence-electron chi connectivity index (χ3n) is 1.89. The van der Waals surface area contributed by atoms with Crippen molar-refractivity contribution in [3.05, 3.63) is 27.5 Å². The van der Waals surface area contributed by atoms with Gasteiger partial charge in [0.25, 0.3) is 0 Å². The van der Waals surface area contributed by atoms with E-state index >= 15 is 0 Å². The van der Waals surface area contributed by atoms with Crippen LogP contribution in [-0.2, 0) is 5.88 Å². The molecule has 0 aliphatic heterocycles. The number of phenolic OH excluding ortho intramolecular Hbond substituents is 1. The molecule has 0 amide bonds. The molecule has 0 saturated heterocycles. The van der Waals surface area contributed by atoms with E-state index in [-0.39, 0.29) is 5.75 Å². The minimum absolute atomic E-state index is 0.255. The van der Waals surface area contributed by atoms with Crippen molar-refractivity contribution in [1.82, 2.24) is 0 Å². The van der Waals surface area contributed by atoms with Gasteiger partial charge in [-0.25, -0.2) is 0 Å². The molecule has 4 heteroatoms. The molecule has 1 heterocycles. The number of phenols is 1. The van der Waals surface area contributed by atoms with Gasteiger partial charge in [0.2, 0.25) is 0 Å². The van der Waals surface area contributed by atoms with Gasteiger partial charge in [-0.1, -0.05) is 0 Å². The molecule has 0 aliphatic carbocycles. The summed E-state index contributed by atoms with van der Waals surface area (Å²) in [5, 5.41) is 12.7. The van der Waals surface area contributed by atoms with Gasteiger partial charge in [0, 0.05) is 5.88 Å². The predicted octanol–water partition coefficient (Wildman–Crippen LogP) is 4.11. The molecule has 0 radical (unpaired) electrons. The van der Waals surface area contributed by atoms with Crippen LogP contribution in [0.4, 0.5) is 0 Å². The zero-order valence-electron chi connectivity index (χ0n) is 6.55. The minimum atomic E-state index is 0.255. The molecule has 0 bridgehead atoms. The zero-order valence-corrected chi connectivity index (χ0v) is 9.71. The molecule has 1 aromatic heterocycles. The Bertz CT molecular complexity index is 452. The Balaban J connectivity index is 2.87. The average molecular weight is 278 g/mol. The van der Waals surface area contributed by atoms with Crippen molar-refractivity contribution < 1.29 is 5.11 Å². The molecule has 0 spiro atoms. The molecule has 2 rings (SSSR count). The van der Waals surface area contributed by atoms with Crippen molar-refractivity contribution in [3.63, 3.8) is 0 Å². The zero-order chi connectivity index (χ0) is 9.42. The highest BCUT2D eigenvalue weighted by atomic mass is 79.9. The van der Waals surface area contributed by atoms with E-state index in [1.165, 1.54) is 0 Å². The molecule has 2 aromatic rings. The van der Waals surface area contributed by atoms with Crippen LogP contribution in [0.15, 0.2) is 22.0 Å². The van der Waals surface area contributed by atoms with E-state index < -0.39 is 0 Å². The number of aromatic hydroxyl groups is 1. The molecular formula is C9H6BrClOS. The Morgan fingerprint density at radius 1 is 1.54 bits per heavy atom. The van der Waals surface area contributed by atoms with Crippen molar-refractivity contribution in [2.45, 2.75) is 5.88 Å². The van der Waals surface area contributed by atoms with Crippen molar-refractivity contribution in [2.24, 2.45) is 0 Å². The lowest BCUT2D eigenvalue weighted by Gasteiger charge is -2.03. The Morgan fingerprint density at radius 3 is 3.00 bits per heavy atom. The molecule has 0 aliphatic rings. The van der Waals surface area contributed by atoms with Crippen molar-refractivity contribution in [3.8, 4) is 5.75 Å². The number of alkyl halides is 1. The molecule has 13 heavy (non-hydrogen) atoms. The van der Waals surface area contributed by atoms with E-state index in [4.69, 9.17) is 11.6 Å². The Morgan fingerprint density at radius 2 is 2.31 bits per heavy atom. The van der Waals surface area contributed by atoms with Gasteiger partial charge in [-0.05, 0) is 44.4 Å². The van der Waals surface area contributed by atoms with Gasteiger partial charge in [-0.15, -0.1) is 22.9 Å². The number of thiophene rings is 1. The summed E-state index contributed by atoms with van der Waals surface area (Å²) < 4.78 is 1.81. The van der Waals surface area contributed by atoms with Gasteiger partial charge in [0.15, 0.2) is 0 Å². The van der Waals surface area contributed by atoms with Crippen LogP contribution in [0, 0.1) is 0 Å². The number of benzene rings is 1. The summed E-state index contributed by atoms with van der Waals surface area (Å²) in [6.07, 6.45) is 0. The Labute approximate surface area is 93.1 Å². The first-order valence-corrected chi connectivity index (χ1v) is 5.88. The van der Waals surface area contributed by atoms with E-state index in [9.17, 15) is 5.11 Å². The number of halogens is 2. The van der Waals surface area contributed by atoms with Crippen molar-refractivity contribution >= 4 is 49.0 Å². The number of hydrogen-bond donors (Lipinski definition) is 1. The average Bonchev–Trinajstić information content (AvgIpc) is 2.60. The Kier molecular flexibility index (Phi) is 2.49. The standard InChI is InChI=1S/C9H6BrClOS/c10-8-7(12)3-5(4-11)6-1-2-13-9(6)8/h1-3,12H,4H2. The van der Waals surface area contributed by atoms with E-state index in [0.717, 1.165) is 20.1 Å². The van der Waals surface area contributed by atoms with Crippen LogP contribution in [0.1, 0.15) is 5.56 Å². The van der Waals surface area contributed by atoms with Crippen LogP contribution in [0.25, 0.3) is 10.1 Å². The topological polar surface area (TPSA) is 20.2 Å². The second-order valence-corrected chi connectivity index (χ2v) is 4.64. The van der Waals surface area contributed by atoms with Crippen molar-refractivity contribution in [1.29, 1.82) is 0 Å². The Hall–Kier alpha value is -0.250. The fourth-order valence-corrected chi connectivity index (χ4v) is 2.97.